The predicted molar refractivity (Wildman–Crippen MR) is 69.4 cm³/mol. The van der Waals surface area contributed by atoms with Crippen LogP contribution in [0.25, 0.3) is 0 Å². The first-order chi connectivity index (χ1) is 8.90. The van der Waals surface area contributed by atoms with Crippen LogP contribution < -0.4 is 10.0 Å². The third kappa shape index (κ3) is 3.63. The van der Waals surface area contributed by atoms with E-state index < -0.39 is 32.6 Å². The van der Waals surface area contributed by atoms with E-state index in [0.29, 0.717) is 6.04 Å². The second kappa shape index (κ2) is 5.42. The summed E-state index contributed by atoms with van der Waals surface area (Å²) < 4.78 is 52.7. The normalized spacial score (nSPS) is 17.2. The zero-order valence-electron chi connectivity index (χ0n) is 10.5. The maximum absolute atomic E-state index is 13.4. The Hall–Kier alpha value is -1.21. The molecule has 0 aliphatic heterocycles. The van der Waals surface area contributed by atoms with Crippen molar-refractivity contribution in [3.8, 4) is 0 Å². The van der Waals surface area contributed by atoms with E-state index in [1.807, 2.05) is 4.72 Å². The molecule has 7 heteroatoms. The number of sulfonamides is 1. The molecule has 106 valence electrons. The van der Waals surface area contributed by atoms with Crippen LogP contribution >= 0.6 is 0 Å². The van der Waals surface area contributed by atoms with Crippen LogP contribution in [0.1, 0.15) is 19.8 Å². The molecule has 0 amide bonds. The summed E-state index contributed by atoms with van der Waals surface area (Å²) in [5.41, 5.74) is -0.624. The van der Waals surface area contributed by atoms with E-state index >= 15 is 0 Å². The Labute approximate surface area is 111 Å². The summed E-state index contributed by atoms with van der Waals surface area (Å²) in [5, 5.41) is 2.30. The van der Waals surface area contributed by atoms with Gasteiger partial charge in [0, 0.05) is 12.6 Å². The molecule has 1 fully saturated rings. The summed E-state index contributed by atoms with van der Waals surface area (Å²) in [6.07, 6.45) is 2.09. The maximum Gasteiger partial charge on any atom is 0.236 e. The highest BCUT2D eigenvalue weighted by Crippen LogP contribution is 2.21. The standard InChI is InChI=1S/C12H16F2N2O2S/c1-8(7-15-9-5-6-9)19(17,18)16-12-10(13)3-2-4-11(12)14/h2-4,8-9,15-16H,5-7H2,1H3. The molecule has 19 heavy (non-hydrogen) atoms. The van der Waals surface area contributed by atoms with Crippen molar-refractivity contribution in [1.29, 1.82) is 0 Å². The van der Waals surface area contributed by atoms with Crippen molar-refractivity contribution >= 4 is 15.7 Å². The van der Waals surface area contributed by atoms with Gasteiger partial charge in [-0.3, -0.25) is 4.72 Å². The molecule has 1 aliphatic carbocycles. The van der Waals surface area contributed by atoms with Crippen LogP contribution in [0, 0.1) is 11.6 Å². The molecule has 0 radical (unpaired) electrons. The minimum absolute atomic E-state index is 0.260. The van der Waals surface area contributed by atoms with E-state index in [1.165, 1.54) is 13.0 Å². The molecule has 2 rings (SSSR count). The van der Waals surface area contributed by atoms with E-state index in [9.17, 15) is 17.2 Å². The van der Waals surface area contributed by atoms with Crippen LogP contribution in [0.4, 0.5) is 14.5 Å². The van der Waals surface area contributed by atoms with Crippen molar-refractivity contribution in [3.05, 3.63) is 29.8 Å². The largest absolute Gasteiger partial charge is 0.313 e. The highest BCUT2D eigenvalue weighted by atomic mass is 32.2. The molecular weight excluding hydrogens is 274 g/mol. The number of anilines is 1. The number of hydrogen-bond acceptors (Lipinski definition) is 3. The molecule has 1 atom stereocenters. The smallest absolute Gasteiger partial charge is 0.236 e. The highest BCUT2D eigenvalue weighted by molar-refractivity contribution is 7.93. The molecule has 0 heterocycles. The molecule has 0 aromatic heterocycles. The van der Waals surface area contributed by atoms with Gasteiger partial charge in [-0.1, -0.05) is 6.07 Å². The second-order valence-electron chi connectivity index (χ2n) is 4.74. The Balaban J connectivity index is 2.06. The lowest BCUT2D eigenvalue weighted by Crippen LogP contribution is -2.36. The van der Waals surface area contributed by atoms with Gasteiger partial charge in [0.05, 0.1) is 5.25 Å². The summed E-state index contributed by atoms with van der Waals surface area (Å²) >= 11 is 0. The van der Waals surface area contributed by atoms with Crippen molar-refractivity contribution in [2.24, 2.45) is 0 Å². The first kappa shape index (κ1) is 14.2. The molecule has 1 aliphatic rings. The van der Waals surface area contributed by atoms with E-state index in [2.05, 4.69) is 5.32 Å². The summed E-state index contributed by atoms with van der Waals surface area (Å²) in [7, 11) is -3.82. The molecular formula is C12H16F2N2O2S. The van der Waals surface area contributed by atoms with Crippen molar-refractivity contribution < 1.29 is 17.2 Å². The van der Waals surface area contributed by atoms with Crippen LogP contribution in [0.3, 0.4) is 0 Å². The highest BCUT2D eigenvalue weighted by Gasteiger charge is 2.27. The SMILES string of the molecule is CC(CNC1CC1)S(=O)(=O)Nc1c(F)cccc1F. The zero-order chi connectivity index (χ0) is 14.0. The third-order valence-electron chi connectivity index (χ3n) is 3.01. The fourth-order valence-electron chi connectivity index (χ4n) is 1.57. The Kier molecular flexibility index (Phi) is 4.05. The van der Waals surface area contributed by atoms with Crippen LogP contribution in [0.15, 0.2) is 18.2 Å². The van der Waals surface area contributed by atoms with E-state index in [-0.39, 0.29) is 6.54 Å². The quantitative estimate of drug-likeness (QED) is 0.840. The number of rotatable bonds is 6. The molecule has 1 unspecified atom stereocenters. The lowest BCUT2D eigenvalue weighted by molar-refractivity contribution is 0.569. The predicted octanol–water partition coefficient (Wildman–Crippen LogP) is 1.85. The molecule has 0 spiro atoms. The van der Waals surface area contributed by atoms with E-state index in [4.69, 9.17) is 0 Å². The molecule has 1 aromatic carbocycles. The van der Waals surface area contributed by atoms with Gasteiger partial charge in [0.25, 0.3) is 0 Å². The second-order valence-corrected chi connectivity index (χ2v) is 6.84. The van der Waals surface area contributed by atoms with Gasteiger partial charge in [0.1, 0.15) is 17.3 Å². The van der Waals surface area contributed by atoms with Gasteiger partial charge >= 0.3 is 0 Å². The van der Waals surface area contributed by atoms with Crippen molar-refractivity contribution in [1.82, 2.24) is 5.32 Å². The lowest BCUT2D eigenvalue weighted by Gasteiger charge is -2.16. The van der Waals surface area contributed by atoms with Crippen molar-refractivity contribution in [2.75, 3.05) is 11.3 Å². The topological polar surface area (TPSA) is 58.2 Å². The van der Waals surface area contributed by atoms with Crippen molar-refractivity contribution in [2.45, 2.75) is 31.1 Å². The maximum atomic E-state index is 13.4. The van der Waals surface area contributed by atoms with Gasteiger partial charge in [-0.2, -0.15) is 0 Å². The van der Waals surface area contributed by atoms with Gasteiger partial charge in [0.15, 0.2) is 0 Å². The Morgan fingerprint density at radius 1 is 1.32 bits per heavy atom. The number of benzene rings is 1. The Bertz CT molecular complexity index is 539. The first-order valence-electron chi connectivity index (χ1n) is 6.09. The summed E-state index contributed by atoms with van der Waals surface area (Å²) in [4.78, 5) is 0. The molecule has 2 N–H and O–H groups in total. The van der Waals surface area contributed by atoms with E-state index in [1.54, 1.807) is 0 Å². The average molecular weight is 290 g/mol. The van der Waals surface area contributed by atoms with Gasteiger partial charge in [0.2, 0.25) is 10.0 Å². The van der Waals surface area contributed by atoms with Crippen molar-refractivity contribution in [3.63, 3.8) is 0 Å². The zero-order valence-corrected chi connectivity index (χ0v) is 11.3. The van der Waals surface area contributed by atoms with Gasteiger partial charge < -0.3 is 5.32 Å². The van der Waals surface area contributed by atoms with Crippen LogP contribution in [-0.4, -0.2) is 26.3 Å². The third-order valence-corrected chi connectivity index (χ3v) is 4.72. The van der Waals surface area contributed by atoms with Gasteiger partial charge in [-0.25, -0.2) is 17.2 Å². The van der Waals surface area contributed by atoms with Gasteiger partial charge in [-0.05, 0) is 31.9 Å². The Morgan fingerprint density at radius 3 is 2.42 bits per heavy atom. The van der Waals surface area contributed by atoms with Gasteiger partial charge in [-0.15, -0.1) is 0 Å². The average Bonchev–Trinajstić information content (AvgIpc) is 3.15. The molecule has 0 bridgehead atoms. The lowest BCUT2D eigenvalue weighted by atomic mass is 10.3. The molecule has 1 saturated carbocycles. The molecule has 4 nitrogen and oxygen atoms in total. The van der Waals surface area contributed by atoms with Crippen LogP contribution in [0.5, 0.6) is 0 Å². The Morgan fingerprint density at radius 2 is 1.89 bits per heavy atom. The minimum atomic E-state index is -3.82. The summed E-state index contributed by atoms with van der Waals surface area (Å²) in [5.74, 6) is -1.85. The molecule has 0 saturated heterocycles. The summed E-state index contributed by atoms with van der Waals surface area (Å²) in [6.45, 7) is 1.76. The summed E-state index contributed by atoms with van der Waals surface area (Å²) in [6, 6.07) is 3.57. The number of halogens is 2. The van der Waals surface area contributed by atoms with Crippen LogP contribution in [0.2, 0.25) is 0 Å². The number of nitrogens with one attached hydrogen (secondary N) is 2. The minimum Gasteiger partial charge on any atom is -0.313 e. The molecule has 1 aromatic rings. The van der Waals surface area contributed by atoms with Crippen LogP contribution in [-0.2, 0) is 10.0 Å². The fourth-order valence-corrected chi connectivity index (χ4v) is 2.56. The monoisotopic (exact) mass is 290 g/mol. The van der Waals surface area contributed by atoms with E-state index in [0.717, 1.165) is 25.0 Å². The fraction of sp³-hybridized carbons (Fsp3) is 0.500. The number of hydrogen-bond donors (Lipinski definition) is 2. The first-order valence-corrected chi connectivity index (χ1v) is 7.64. The number of para-hydroxylation sites is 1.